The van der Waals surface area contributed by atoms with E-state index in [0.717, 1.165) is 4.90 Å². The van der Waals surface area contributed by atoms with E-state index >= 15 is 0 Å². The number of alkyl halides is 2. The molecule has 0 radical (unpaired) electrons. The highest BCUT2D eigenvalue weighted by molar-refractivity contribution is 5.92. The van der Waals surface area contributed by atoms with Crippen LogP contribution in [0.1, 0.15) is 6.42 Å². The van der Waals surface area contributed by atoms with Gasteiger partial charge in [0.25, 0.3) is 0 Å². The topological polar surface area (TPSA) is 91.3 Å². The molecule has 2 rings (SSSR count). The van der Waals surface area contributed by atoms with E-state index in [1.54, 1.807) is 0 Å². The molecule has 3 atom stereocenters. The van der Waals surface area contributed by atoms with Crippen LogP contribution in [-0.2, 0) is 4.74 Å². The molecule has 1 saturated heterocycles. The molecule has 2 aliphatic heterocycles. The number of aliphatic hydroxyl groups is 2. The van der Waals surface area contributed by atoms with Gasteiger partial charge in [0.1, 0.15) is 17.3 Å². The molecule has 2 aliphatic rings. The summed E-state index contributed by atoms with van der Waals surface area (Å²) in [6, 6.07) is 0. The van der Waals surface area contributed by atoms with Crippen LogP contribution < -0.4 is 5.73 Å². The van der Waals surface area contributed by atoms with Crippen molar-refractivity contribution in [1.82, 2.24) is 4.90 Å². The lowest BCUT2D eigenvalue weighted by molar-refractivity contribution is -0.154. The number of nitrogens with zero attached hydrogens (tertiary/aromatic N) is 2. The summed E-state index contributed by atoms with van der Waals surface area (Å²) in [6.45, 7) is 6.19. The van der Waals surface area contributed by atoms with Gasteiger partial charge in [0.15, 0.2) is 6.10 Å². The minimum absolute atomic E-state index is 0.0424. The van der Waals surface area contributed by atoms with Gasteiger partial charge < -0.3 is 25.6 Å². The van der Waals surface area contributed by atoms with Crippen molar-refractivity contribution in [3.8, 4) is 0 Å². The average Bonchev–Trinajstić information content (AvgIpc) is 2.61. The predicted octanol–water partition coefficient (Wildman–Crippen LogP) is 0.304. The monoisotopic (exact) mass is 301 g/mol. The number of ether oxygens (including phenoxy) is 1. The molecule has 21 heavy (non-hydrogen) atoms. The molecule has 116 valence electrons. The first-order valence-corrected chi connectivity index (χ1v) is 6.23. The second kappa shape index (κ2) is 5.21. The molecule has 4 N–H and O–H groups in total. The first-order valence-electron chi connectivity index (χ1n) is 6.23. The second-order valence-corrected chi connectivity index (χ2v) is 4.94. The number of nitrogens with two attached hydrogens (primary N) is 1. The SMILES string of the molecule is C=CC[C@]1(CO)O[C@@H](N2C=CC(N)=NC2=C)C(F)(F)[C@@H]1O. The van der Waals surface area contributed by atoms with E-state index < -0.39 is 30.5 Å². The van der Waals surface area contributed by atoms with E-state index in [1.165, 1.54) is 18.4 Å². The van der Waals surface area contributed by atoms with Gasteiger partial charge in [-0.2, -0.15) is 8.78 Å². The summed E-state index contributed by atoms with van der Waals surface area (Å²) in [5.74, 6) is -3.56. The number of aliphatic hydroxyl groups excluding tert-OH is 2. The maximum absolute atomic E-state index is 14.3. The van der Waals surface area contributed by atoms with Crippen molar-refractivity contribution in [2.75, 3.05) is 6.61 Å². The van der Waals surface area contributed by atoms with Crippen LogP contribution in [-0.4, -0.2) is 51.4 Å². The van der Waals surface area contributed by atoms with Gasteiger partial charge in [-0.15, -0.1) is 6.58 Å². The predicted molar refractivity (Wildman–Crippen MR) is 72.2 cm³/mol. The van der Waals surface area contributed by atoms with Gasteiger partial charge in [-0.25, -0.2) is 4.99 Å². The fourth-order valence-electron chi connectivity index (χ4n) is 2.39. The van der Waals surface area contributed by atoms with Gasteiger partial charge in [0.05, 0.1) is 6.61 Å². The Balaban J connectivity index is 2.35. The molecule has 0 spiro atoms. The Morgan fingerprint density at radius 3 is 2.76 bits per heavy atom. The Kier molecular flexibility index (Phi) is 3.87. The number of halogens is 2. The summed E-state index contributed by atoms with van der Waals surface area (Å²) < 4.78 is 34.0. The molecule has 0 aromatic rings. The molecule has 0 amide bonds. The van der Waals surface area contributed by atoms with Crippen LogP contribution in [0.25, 0.3) is 0 Å². The summed E-state index contributed by atoms with van der Waals surface area (Å²) in [6.07, 6.45) is -0.312. The zero-order valence-corrected chi connectivity index (χ0v) is 11.2. The van der Waals surface area contributed by atoms with Crippen LogP contribution in [0.2, 0.25) is 0 Å². The highest BCUT2D eigenvalue weighted by atomic mass is 19.3. The van der Waals surface area contributed by atoms with Crippen LogP contribution in [0.4, 0.5) is 8.78 Å². The largest absolute Gasteiger partial charge is 0.393 e. The van der Waals surface area contributed by atoms with E-state index in [1.807, 2.05) is 0 Å². The third-order valence-corrected chi connectivity index (χ3v) is 3.51. The molecule has 0 unspecified atom stereocenters. The lowest BCUT2D eigenvalue weighted by atomic mass is 9.92. The van der Waals surface area contributed by atoms with E-state index in [0.29, 0.717) is 0 Å². The van der Waals surface area contributed by atoms with Crippen LogP contribution in [0, 0.1) is 0 Å². The minimum Gasteiger partial charge on any atom is -0.393 e. The standard InChI is InChI=1S/C13H17F2N3O3/c1-3-5-12(7-19)10(20)13(14,15)11(21-12)18-6-4-9(16)17-8(18)2/h3-4,6,10-11,19-20H,1-2,5,7H2,(H2,16,17)/t10-,11-,12-/m1/s1. The quantitative estimate of drug-likeness (QED) is 0.650. The maximum Gasteiger partial charge on any atom is 0.320 e. The highest BCUT2D eigenvalue weighted by Crippen LogP contribution is 2.46. The Morgan fingerprint density at radius 2 is 2.24 bits per heavy atom. The van der Waals surface area contributed by atoms with Gasteiger partial charge in [-0.1, -0.05) is 12.7 Å². The number of amidine groups is 1. The normalized spacial score (nSPS) is 35.0. The fourth-order valence-corrected chi connectivity index (χ4v) is 2.39. The van der Waals surface area contributed by atoms with Gasteiger partial charge in [-0.05, 0) is 12.5 Å². The number of hydrogen-bond acceptors (Lipinski definition) is 6. The van der Waals surface area contributed by atoms with E-state index in [9.17, 15) is 19.0 Å². The lowest BCUT2D eigenvalue weighted by Crippen LogP contribution is -2.50. The van der Waals surface area contributed by atoms with Crippen LogP contribution in [0.15, 0.2) is 42.3 Å². The Morgan fingerprint density at radius 1 is 1.57 bits per heavy atom. The zero-order chi connectivity index (χ0) is 15.8. The van der Waals surface area contributed by atoms with Crippen molar-refractivity contribution in [2.24, 2.45) is 10.7 Å². The van der Waals surface area contributed by atoms with Crippen molar-refractivity contribution < 1.29 is 23.7 Å². The average molecular weight is 301 g/mol. The number of rotatable bonds is 4. The number of hydrogen-bond donors (Lipinski definition) is 3. The first-order chi connectivity index (χ1) is 9.78. The molecule has 1 fully saturated rings. The zero-order valence-electron chi connectivity index (χ0n) is 11.2. The summed E-state index contributed by atoms with van der Waals surface area (Å²) in [7, 11) is 0. The van der Waals surface area contributed by atoms with Crippen LogP contribution in [0.3, 0.4) is 0 Å². The lowest BCUT2D eigenvalue weighted by Gasteiger charge is -2.32. The molecule has 2 heterocycles. The van der Waals surface area contributed by atoms with Crippen molar-refractivity contribution in [3.63, 3.8) is 0 Å². The molecule has 0 aromatic heterocycles. The van der Waals surface area contributed by atoms with Gasteiger partial charge in [0, 0.05) is 6.20 Å². The molecule has 0 aliphatic carbocycles. The van der Waals surface area contributed by atoms with E-state index in [-0.39, 0.29) is 18.1 Å². The van der Waals surface area contributed by atoms with Gasteiger partial charge in [-0.3, -0.25) is 0 Å². The first kappa shape index (κ1) is 15.6. The van der Waals surface area contributed by atoms with Gasteiger partial charge in [0.2, 0.25) is 6.23 Å². The summed E-state index contributed by atoms with van der Waals surface area (Å²) >= 11 is 0. The smallest absolute Gasteiger partial charge is 0.320 e. The Bertz CT molecular complexity index is 521. The third-order valence-electron chi connectivity index (χ3n) is 3.51. The van der Waals surface area contributed by atoms with Crippen molar-refractivity contribution >= 4 is 5.84 Å². The fraction of sp³-hybridized carbons (Fsp3) is 0.462. The van der Waals surface area contributed by atoms with Crippen LogP contribution in [0.5, 0.6) is 0 Å². The van der Waals surface area contributed by atoms with Crippen molar-refractivity contribution in [3.05, 3.63) is 37.3 Å². The number of aliphatic imine (C=N–C) groups is 1. The summed E-state index contributed by atoms with van der Waals surface area (Å²) in [5, 5.41) is 19.3. The molecular formula is C13H17F2N3O3. The molecule has 6 nitrogen and oxygen atoms in total. The van der Waals surface area contributed by atoms with E-state index in [2.05, 4.69) is 18.2 Å². The minimum atomic E-state index is -3.64. The Labute approximate surface area is 120 Å². The van der Waals surface area contributed by atoms with E-state index in [4.69, 9.17) is 10.5 Å². The van der Waals surface area contributed by atoms with Crippen molar-refractivity contribution in [1.29, 1.82) is 0 Å². The van der Waals surface area contributed by atoms with Crippen molar-refractivity contribution in [2.45, 2.75) is 30.3 Å². The highest BCUT2D eigenvalue weighted by Gasteiger charge is 2.67. The molecule has 0 bridgehead atoms. The second-order valence-electron chi connectivity index (χ2n) is 4.94. The summed E-state index contributed by atoms with van der Waals surface area (Å²) in [4.78, 5) is 4.75. The molecular weight excluding hydrogens is 284 g/mol. The third kappa shape index (κ3) is 2.35. The maximum atomic E-state index is 14.3. The van der Waals surface area contributed by atoms with Crippen LogP contribution >= 0.6 is 0 Å². The molecule has 0 aromatic carbocycles. The molecule has 0 saturated carbocycles. The summed E-state index contributed by atoms with van der Waals surface area (Å²) in [5.41, 5.74) is 3.63. The molecule has 8 heteroatoms. The van der Waals surface area contributed by atoms with Gasteiger partial charge >= 0.3 is 5.92 Å². The Hall–Kier alpha value is -1.77.